The molecule has 106 valence electrons. The van der Waals surface area contributed by atoms with E-state index in [0.717, 1.165) is 19.3 Å². The van der Waals surface area contributed by atoms with Gasteiger partial charge in [-0.05, 0) is 18.8 Å². The highest BCUT2D eigenvalue weighted by atomic mass is 19.3. The molecule has 0 aromatic heterocycles. The molecule has 0 saturated heterocycles. The fourth-order valence-corrected chi connectivity index (χ4v) is 2.65. The van der Waals surface area contributed by atoms with Crippen LogP contribution in [0.1, 0.15) is 32.6 Å². The molecular formula is C13H23F2NO2. The normalized spacial score (nSPS) is 25.1. The van der Waals surface area contributed by atoms with Crippen LogP contribution in [-0.4, -0.2) is 48.5 Å². The molecule has 1 aliphatic carbocycles. The van der Waals surface area contributed by atoms with Crippen LogP contribution in [0.5, 0.6) is 0 Å². The average molecular weight is 263 g/mol. The Bertz CT molecular complexity index is 261. The number of ketones is 1. The molecular weight excluding hydrogens is 240 g/mol. The largest absolute Gasteiger partial charge is 0.395 e. The SMILES string of the molecule is CCC1CCC(=O)C(CN(CCO)CC(F)F)C1. The second-order valence-corrected chi connectivity index (χ2v) is 5.09. The highest BCUT2D eigenvalue weighted by molar-refractivity contribution is 5.81. The predicted molar refractivity (Wildman–Crippen MR) is 65.7 cm³/mol. The lowest BCUT2D eigenvalue weighted by Gasteiger charge is -2.31. The molecule has 0 bridgehead atoms. The first kappa shape index (κ1) is 15.5. The lowest BCUT2D eigenvalue weighted by atomic mass is 9.79. The van der Waals surface area contributed by atoms with Crippen molar-refractivity contribution in [1.29, 1.82) is 0 Å². The molecule has 0 aliphatic heterocycles. The number of carbonyl (C=O) groups excluding carboxylic acids is 1. The van der Waals surface area contributed by atoms with Crippen LogP contribution in [0.15, 0.2) is 0 Å². The summed E-state index contributed by atoms with van der Waals surface area (Å²) in [6, 6.07) is 0. The zero-order valence-corrected chi connectivity index (χ0v) is 10.9. The molecule has 0 heterocycles. The van der Waals surface area contributed by atoms with Crippen molar-refractivity contribution >= 4 is 5.78 Å². The van der Waals surface area contributed by atoms with Gasteiger partial charge in [-0.2, -0.15) is 0 Å². The van der Waals surface area contributed by atoms with E-state index in [1.54, 1.807) is 0 Å². The molecule has 3 nitrogen and oxygen atoms in total. The van der Waals surface area contributed by atoms with E-state index >= 15 is 0 Å². The van der Waals surface area contributed by atoms with Gasteiger partial charge in [-0.15, -0.1) is 0 Å². The molecule has 0 amide bonds. The van der Waals surface area contributed by atoms with Gasteiger partial charge in [-0.1, -0.05) is 13.3 Å². The van der Waals surface area contributed by atoms with E-state index in [2.05, 4.69) is 6.92 Å². The van der Waals surface area contributed by atoms with Crippen LogP contribution >= 0.6 is 0 Å². The van der Waals surface area contributed by atoms with Crippen molar-refractivity contribution in [3.63, 3.8) is 0 Å². The minimum atomic E-state index is -2.42. The van der Waals surface area contributed by atoms with Crippen molar-refractivity contribution < 1.29 is 18.7 Å². The summed E-state index contributed by atoms with van der Waals surface area (Å²) in [7, 11) is 0. The molecule has 0 spiro atoms. The molecule has 2 unspecified atom stereocenters. The lowest BCUT2D eigenvalue weighted by Crippen LogP contribution is -2.40. The van der Waals surface area contributed by atoms with Gasteiger partial charge in [-0.3, -0.25) is 9.69 Å². The highest BCUT2D eigenvalue weighted by Gasteiger charge is 2.29. The summed E-state index contributed by atoms with van der Waals surface area (Å²) < 4.78 is 24.8. The van der Waals surface area contributed by atoms with Crippen molar-refractivity contribution in [3.8, 4) is 0 Å². The third kappa shape index (κ3) is 4.98. The van der Waals surface area contributed by atoms with Crippen LogP contribution in [-0.2, 0) is 4.79 Å². The fraction of sp³-hybridized carbons (Fsp3) is 0.923. The Hall–Kier alpha value is -0.550. The van der Waals surface area contributed by atoms with E-state index in [1.807, 2.05) is 0 Å². The van der Waals surface area contributed by atoms with Crippen LogP contribution in [0.3, 0.4) is 0 Å². The Morgan fingerprint density at radius 3 is 2.78 bits per heavy atom. The van der Waals surface area contributed by atoms with Crippen LogP contribution in [0.4, 0.5) is 8.78 Å². The molecule has 1 aliphatic rings. The minimum Gasteiger partial charge on any atom is -0.395 e. The fourth-order valence-electron chi connectivity index (χ4n) is 2.65. The molecule has 1 fully saturated rings. The average Bonchev–Trinajstić information content (AvgIpc) is 2.31. The molecule has 18 heavy (non-hydrogen) atoms. The Balaban J connectivity index is 2.51. The van der Waals surface area contributed by atoms with Crippen molar-refractivity contribution in [2.75, 3.05) is 26.2 Å². The lowest BCUT2D eigenvalue weighted by molar-refractivity contribution is -0.126. The molecule has 0 aromatic carbocycles. The van der Waals surface area contributed by atoms with Crippen molar-refractivity contribution in [1.82, 2.24) is 4.90 Å². The summed E-state index contributed by atoms with van der Waals surface area (Å²) in [5.74, 6) is 0.598. The molecule has 1 N–H and O–H groups in total. The first-order valence-corrected chi connectivity index (χ1v) is 6.70. The number of hydrogen-bond donors (Lipinski definition) is 1. The van der Waals surface area contributed by atoms with Gasteiger partial charge in [0.25, 0.3) is 6.43 Å². The Kier molecular flexibility index (Phi) is 6.71. The molecule has 2 atom stereocenters. The van der Waals surface area contributed by atoms with E-state index in [9.17, 15) is 13.6 Å². The summed E-state index contributed by atoms with van der Waals surface area (Å²) >= 11 is 0. The van der Waals surface area contributed by atoms with Crippen LogP contribution in [0.2, 0.25) is 0 Å². The Morgan fingerprint density at radius 1 is 1.50 bits per heavy atom. The zero-order chi connectivity index (χ0) is 13.5. The summed E-state index contributed by atoms with van der Waals surface area (Å²) in [6.07, 6.45) is 0.933. The maximum absolute atomic E-state index is 12.4. The molecule has 0 radical (unpaired) electrons. The standard InChI is InChI=1S/C13H23F2NO2/c1-2-10-3-4-12(18)11(7-10)8-16(5-6-17)9-13(14)15/h10-11,13,17H,2-9H2,1H3. The number of aliphatic hydroxyl groups excluding tert-OH is 1. The maximum atomic E-state index is 12.4. The number of Topliss-reactive ketones (excluding diaryl/α,β-unsaturated/α-hetero) is 1. The zero-order valence-electron chi connectivity index (χ0n) is 10.9. The highest BCUT2D eigenvalue weighted by Crippen LogP contribution is 2.29. The van der Waals surface area contributed by atoms with Gasteiger partial charge in [-0.25, -0.2) is 8.78 Å². The van der Waals surface area contributed by atoms with Crippen molar-refractivity contribution in [2.45, 2.75) is 39.0 Å². The van der Waals surface area contributed by atoms with Gasteiger partial charge in [0.1, 0.15) is 5.78 Å². The van der Waals surface area contributed by atoms with Gasteiger partial charge in [0.15, 0.2) is 0 Å². The van der Waals surface area contributed by atoms with Gasteiger partial charge in [0.05, 0.1) is 13.2 Å². The summed E-state index contributed by atoms with van der Waals surface area (Å²) in [4.78, 5) is 13.3. The van der Waals surface area contributed by atoms with E-state index in [4.69, 9.17) is 5.11 Å². The van der Waals surface area contributed by atoms with Crippen molar-refractivity contribution in [2.24, 2.45) is 11.8 Å². The molecule has 1 saturated carbocycles. The number of aliphatic hydroxyl groups is 1. The molecule has 1 rings (SSSR count). The summed E-state index contributed by atoms with van der Waals surface area (Å²) in [5, 5.41) is 8.87. The van der Waals surface area contributed by atoms with Crippen molar-refractivity contribution in [3.05, 3.63) is 0 Å². The maximum Gasteiger partial charge on any atom is 0.251 e. The number of halogens is 2. The third-order valence-corrected chi connectivity index (χ3v) is 3.74. The summed E-state index contributed by atoms with van der Waals surface area (Å²) in [5.41, 5.74) is 0. The van der Waals surface area contributed by atoms with E-state index < -0.39 is 6.43 Å². The Labute approximate surface area is 107 Å². The smallest absolute Gasteiger partial charge is 0.251 e. The van der Waals surface area contributed by atoms with Gasteiger partial charge in [0, 0.05) is 25.4 Å². The summed E-state index contributed by atoms with van der Waals surface area (Å²) in [6.45, 7) is 2.17. The number of alkyl halides is 2. The monoisotopic (exact) mass is 263 g/mol. The van der Waals surface area contributed by atoms with Gasteiger partial charge < -0.3 is 5.11 Å². The van der Waals surface area contributed by atoms with Crippen LogP contribution in [0, 0.1) is 11.8 Å². The number of nitrogens with zero attached hydrogens (tertiary/aromatic N) is 1. The van der Waals surface area contributed by atoms with E-state index in [0.29, 0.717) is 18.9 Å². The second-order valence-electron chi connectivity index (χ2n) is 5.09. The predicted octanol–water partition coefficient (Wildman–Crippen LogP) is 1.94. The van der Waals surface area contributed by atoms with Gasteiger partial charge in [0.2, 0.25) is 0 Å². The van der Waals surface area contributed by atoms with Crippen LogP contribution in [0.25, 0.3) is 0 Å². The quantitative estimate of drug-likeness (QED) is 0.763. The number of carbonyl (C=O) groups is 1. The number of hydrogen-bond acceptors (Lipinski definition) is 3. The minimum absolute atomic E-state index is 0.131. The molecule has 5 heteroatoms. The first-order valence-electron chi connectivity index (χ1n) is 6.70. The Morgan fingerprint density at radius 2 is 2.22 bits per heavy atom. The molecule has 0 aromatic rings. The second kappa shape index (κ2) is 7.79. The number of rotatable bonds is 7. The third-order valence-electron chi connectivity index (χ3n) is 3.74. The van der Waals surface area contributed by atoms with E-state index in [1.165, 1.54) is 4.90 Å². The topological polar surface area (TPSA) is 40.5 Å². The van der Waals surface area contributed by atoms with Crippen LogP contribution < -0.4 is 0 Å². The van der Waals surface area contributed by atoms with E-state index in [-0.39, 0.29) is 31.4 Å². The van der Waals surface area contributed by atoms with Gasteiger partial charge >= 0.3 is 0 Å². The first-order chi connectivity index (χ1) is 8.56.